The van der Waals surface area contributed by atoms with Crippen LogP contribution in [0.25, 0.3) is 5.57 Å². The van der Waals surface area contributed by atoms with E-state index in [1.807, 2.05) is 30.9 Å². The lowest BCUT2D eigenvalue weighted by Gasteiger charge is -2.37. The maximum atomic E-state index is 13.0. The summed E-state index contributed by atoms with van der Waals surface area (Å²) in [6.07, 6.45) is 1.54. The van der Waals surface area contributed by atoms with Crippen molar-refractivity contribution in [2.45, 2.75) is 26.1 Å². The first-order valence-electron chi connectivity index (χ1n) is 8.72. The molecular formula is C20H24N2O4. The van der Waals surface area contributed by atoms with Crippen LogP contribution in [0.2, 0.25) is 0 Å². The summed E-state index contributed by atoms with van der Waals surface area (Å²) in [6.45, 7) is 8.93. The number of morpholine rings is 1. The number of rotatable bonds is 5. The van der Waals surface area contributed by atoms with Crippen molar-refractivity contribution >= 4 is 17.4 Å². The molecule has 2 atom stereocenters. The zero-order valence-corrected chi connectivity index (χ0v) is 15.4. The second kappa shape index (κ2) is 7.33. The van der Waals surface area contributed by atoms with Gasteiger partial charge in [0.15, 0.2) is 0 Å². The van der Waals surface area contributed by atoms with E-state index in [2.05, 4.69) is 6.58 Å². The molecule has 0 aliphatic carbocycles. The first-order valence-corrected chi connectivity index (χ1v) is 8.72. The van der Waals surface area contributed by atoms with E-state index in [4.69, 9.17) is 9.47 Å². The van der Waals surface area contributed by atoms with Crippen LogP contribution in [0.15, 0.2) is 42.6 Å². The Kier molecular flexibility index (Phi) is 5.13. The topological polar surface area (TPSA) is 59.1 Å². The van der Waals surface area contributed by atoms with Crippen LogP contribution >= 0.6 is 0 Å². The summed E-state index contributed by atoms with van der Waals surface area (Å²) in [7, 11) is 1.59. The summed E-state index contributed by atoms with van der Waals surface area (Å²) in [6, 6.07) is 7.20. The second-order valence-corrected chi connectivity index (χ2v) is 6.62. The minimum atomic E-state index is -0.290. The van der Waals surface area contributed by atoms with E-state index in [1.54, 1.807) is 25.3 Å². The van der Waals surface area contributed by atoms with Gasteiger partial charge >= 0.3 is 0 Å². The van der Waals surface area contributed by atoms with Gasteiger partial charge in [-0.15, -0.1) is 6.58 Å². The Hall–Kier alpha value is -2.60. The molecule has 2 aliphatic heterocycles. The fraction of sp³-hybridized carbons (Fsp3) is 0.400. The average Bonchev–Trinajstić information content (AvgIpc) is 2.86. The summed E-state index contributed by atoms with van der Waals surface area (Å²) >= 11 is 0. The third-order valence-electron chi connectivity index (χ3n) is 4.57. The van der Waals surface area contributed by atoms with Crippen molar-refractivity contribution in [3.05, 3.63) is 48.2 Å². The summed E-state index contributed by atoms with van der Waals surface area (Å²) in [5, 5.41) is 0. The molecule has 0 aromatic heterocycles. The van der Waals surface area contributed by atoms with Gasteiger partial charge in [0.2, 0.25) is 0 Å². The van der Waals surface area contributed by atoms with Gasteiger partial charge in [0.05, 0.1) is 24.9 Å². The number of benzene rings is 1. The fourth-order valence-corrected chi connectivity index (χ4v) is 3.53. The van der Waals surface area contributed by atoms with Gasteiger partial charge in [0, 0.05) is 19.6 Å². The van der Waals surface area contributed by atoms with Gasteiger partial charge in [0.1, 0.15) is 11.4 Å². The van der Waals surface area contributed by atoms with Crippen molar-refractivity contribution in [2.75, 3.05) is 26.7 Å². The lowest BCUT2D eigenvalue weighted by atomic mass is 10.0. The number of carbonyl (C=O) groups is 2. The highest BCUT2D eigenvalue weighted by atomic mass is 16.5. The van der Waals surface area contributed by atoms with Gasteiger partial charge in [-0.25, -0.2) is 0 Å². The molecule has 3 rings (SSSR count). The minimum Gasteiger partial charge on any atom is -0.497 e. The van der Waals surface area contributed by atoms with E-state index in [-0.39, 0.29) is 30.6 Å². The number of hydrogen-bond donors (Lipinski definition) is 0. The third-order valence-corrected chi connectivity index (χ3v) is 4.57. The van der Waals surface area contributed by atoms with Crippen molar-refractivity contribution in [2.24, 2.45) is 0 Å². The van der Waals surface area contributed by atoms with Crippen molar-refractivity contribution in [1.29, 1.82) is 0 Å². The zero-order valence-electron chi connectivity index (χ0n) is 15.4. The molecule has 0 bridgehead atoms. The van der Waals surface area contributed by atoms with Gasteiger partial charge in [-0.3, -0.25) is 14.5 Å². The summed E-state index contributed by atoms with van der Waals surface area (Å²) in [5.41, 5.74) is 1.59. The number of methoxy groups -OCH3 is 1. The Morgan fingerprint density at radius 3 is 2.31 bits per heavy atom. The lowest BCUT2D eigenvalue weighted by molar-refractivity contribution is -0.137. The van der Waals surface area contributed by atoms with Crippen LogP contribution in [-0.2, 0) is 14.3 Å². The molecule has 0 radical (unpaired) electrons. The monoisotopic (exact) mass is 356 g/mol. The number of imide groups is 1. The number of ether oxygens (including phenoxy) is 2. The summed E-state index contributed by atoms with van der Waals surface area (Å²) in [4.78, 5) is 29.2. The fourth-order valence-electron chi connectivity index (χ4n) is 3.53. The Morgan fingerprint density at radius 1 is 1.15 bits per heavy atom. The van der Waals surface area contributed by atoms with Crippen LogP contribution in [-0.4, -0.2) is 60.6 Å². The van der Waals surface area contributed by atoms with E-state index in [0.717, 1.165) is 0 Å². The number of amides is 2. The van der Waals surface area contributed by atoms with Crippen LogP contribution in [0.3, 0.4) is 0 Å². The van der Waals surface area contributed by atoms with Gasteiger partial charge in [-0.1, -0.05) is 18.2 Å². The Morgan fingerprint density at radius 2 is 1.77 bits per heavy atom. The minimum absolute atomic E-state index is 0.0141. The van der Waals surface area contributed by atoms with Crippen molar-refractivity contribution < 1.29 is 19.1 Å². The van der Waals surface area contributed by atoms with Crippen molar-refractivity contribution in [1.82, 2.24) is 9.80 Å². The normalized spacial score (nSPS) is 23.7. The molecule has 1 saturated heterocycles. The standard InChI is InChI=1S/C20H24N2O4/c1-5-10-22-19(23)17(15-6-8-16(25-4)9-7-15)18(20(22)24)21-11-13(2)26-14(3)12-21/h5-9,13-14H,1,10-12H2,2-4H3. The molecule has 1 aromatic rings. The van der Waals surface area contributed by atoms with Crippen LogP contribution < -0.4 is 4.74 Å². The largest absolute Gasteiger partial charge is 0.497 e. The van der Waals surface area contributed by atoms with Crippen LogP contribution in [0.4, 0.5) is 0 Å². The van der Waals surface area contributed by atoms with Crippen molar-refractivity contribution in [3.63, 3.8) is 0 Å². The Bertz CT molecular complexity index is 744. The molecule has 6 nitrogen and oxygen atoms in total. The first-order chi connectivity index (χ1) is 12.5. The quantitative estimate of drug-likeness (QED) is 0.597. The molecule has 0 N–H and O–H groups in total. The number of nitrogens with zero attached hydrogens (tertiary/aromatic N) is 2. The van der Waals surface area contributed by atoms with Gasteiger partial charge in [-0.05, 0) is 31.5 Å². The summed E-state index contributed by atoms with van der Waals surface area (Å²) in [5.74, 6) is 0.133. The summed E-state index contributed by atoms with van der Waals surface area (Å²) < 4.78 is 11.0. The molecule has 1 aromatic carbocycles. The first kappa shape index (κ1) is 18.2. The molecule has 0 spiro atoms. The Labute approximate surface area is 153 Å². The molecule has 6 heteroatoms. The highest BCUT2D eigenvalue weighted by molar-refractivity contribution is 6.35. The van der Waals surface area contributed by atoms with E-state index < -0.39 is 0 Å². The molecule has 2 aliphatic rings. The second-order valence-electron chi connectivity index (χ2n) is 6.62. The molecular weight excluding hydrogens is 332 g/mol. The predicted octanol–water partition coefficient (Wildman–Crippen LogP) is 2.07. The SMILES string of the molecule is C=CCN1C(=O)C(c2ccc(OC)cc2)=C(N2CC(C)OC(C)C2)C1=O. The van der Waals surface area contributed by atoms with E-state index in [0.29, 0.717) is 35.7 Å². The Balaban J connectivity index is 2.07. The molecule has 0 saturated carbocycles. The van der Waals surface area contributed by atoms with Crippen molar-refractivity contribution in [3.8, 4) is 5.75 Å². The molecule has 1 fully saturated rings. The molecule has 138 valence electrons. The van der Waals surface area contributed by atoms with Gasteiger partial charge in [0.25, 0.3) is 11.8 Å². The van der Waals surface area contributed by atoms with E-state index in [1.165, 1.54) is 4.90 Å². The van der Waals surface area contributed by atoms with Crippen LogP contribution in [0, 0.1) is 0 Å². The third kappa shape index (κ3) is 3.24. The predicted molar refractivity (Wildman–Crippen MR) is 98.4 cm³/mol. The molecule has 26 heavy (non-hydrogen) atoms. The number of hydrogen-bond acceptors (Lipinski definition) is 5. The molecule has 2 amide bonds. The smallest absolute Gasteiger partial charge is 0.278 e. The van der Waals surface area contributed by atoms with Gasteiger partial charge in [-0.2, -0.15) is 0 Å². The molecule has 2 heterocycles. The van der Waals surface area contributed by atoms with E-state index >= 15 is 0 Å². The highest BCUT2D eigenvalue weighted by Crippen LogP contribution is 2.33. The lowest BCUT2D eigenvalue weighted by Crippen LogP contribution is -2.47. The zero-order chi connectivity index (χ0) is 18.8. The van der Waals surface area contributed by atoms with Crippen LogP contribution in [0.1, 0.15) is 19.4 Å². The van der Waals surface area contributed by atoms with Gasteiger partial charge < -0.3 is 14.4 Å². The maximum Gasteiger partial charge on any atom is 0.278 e. The maximum absolute atomic E-state index is 13.0. The molecule has 2 unspecified atom stereocenters. The van der Waals surface area contributed by atoms with Crippen LogP contribution in [0.5, 0.6) is 5.75 Å². The van der Waals surface area contributed by atoms with E-state index in [9.17, 15) is 9.59 Å². The average molecular weight is 356 g/mol. The number of carbonyl (C=O) groups excluding carboxylic acids is 2. The highest BCUT2D eigenvalue weighted by Gasteiger charge is 2.42.